The fourth-order valence-corrected chi connectivity index (χ4v) is 2.71. The Morgan fingerprint density at radius 3 is 2.65 bits per heavy atom. The summed E-state index contributed by atoms with van der Waals surface area (Å²) in [6.07, 6.45) is 0. The van der Waals surface area contributed by atoms with Crippen molar-refractivity contribution < 1.29 is 8.83 Å². The highest BCUT2D eigenvalue weighted by molar-refractivity contribution is 6.37. The molecule has 0 unspecified atom stereocenters. The van der Waals surface area contributed by atoms with E-state index in [4.69, 9.17) is 20.4 Å². The Morgan fingerprint density at radius 1 is 1.00 bits per heavy atom. The predicted molar refractivity (Wildman–Crippen MR) is 79.5 cm³/mol. The number of rotatable bonds is 0. The zero-order chi connectivity index (χ0) is 13.9. The first-order chi connectivity index (χ1) is 9.65. The number of hydrogen-bond donors (Lipinski definition) is 0. The van der Waals surface area contributed by atoms with Crippen molar-refractivity contribution in [1.29, 1.82) is 0 Å². The van der Waals surface area contributed by atoms with E-state index in [0.29, 0.717) is 32.5 Å². The molecule has 0 aliphatic rings. The van der Waals surface area contributed by atoms with E-state index in [0.717, 1.165) is 5.56 Å². The van der Waals surface area contributed by atoms with Crippen LogP contribution in [-0.2, 0) is 0 Å². The van der Waals surface area contributed by atoms with Gasteiger partial charge in [-0.1, -0.05) is 23.7 Å². The summed E-state index contributed by atoms with van der Waals surface area (Å²) in [7, 11) is 0. The molecule has 98 valence electrons. The van der Waals surface area contributed by atoms with E-state index >= 15 is 0 Å². The molecule has 0 amide bonds. The van der Waals surface area contributed by atoms with E-state index in [-0.39, 0.29) is 11.0 Å². The largest absolute Gasteiger partial charge is 0.452 e. The van der Waals surface area contributed by atoms with E-state index < -0.39 is 0 Å². The van der Waals surface area contributed by atoms with Crippen LogP contribution in [0.5, 0.6) is 0 Å². The van der Waals surface area contributed by atoms with Gasteiger partial charge in [-0.25, -0.2) is 0 Å². The maximum atomic E-state index is 12.5. The molecule has 20 heavy (non-hydrogen) atoms. The molecular formula is C16H9ClO3. The molecule has 0 saturated heterocycles. The van der Waals surface area contributed by atoms with Crippen molar-refractivity contribution in [2.75, 3.05) is 0 Å². The van der Waals surface area contributed by atoms with Crippen molar-refractivity contribution in [2.24, 2.45) is 0 Å². The van der Waals surface area contributed by atoms with Crippen LogP contribution in [0.1, 0.15) is 5.56 Å². The minimum Gasteiger partial charge on any atom is -0.452 e. The summed E-state index contributed by atoms with van der Waals surface area (Å²) in [6.45, 7) is 1.95. The highest BCUT2D eigenvalue weighted by atomic mass is 35.5. The van der Waals surface area contributed by atoms with Crippen molar-refractivity contribution >= 4 is 44.7 Å². The molecule has 4 rings (SSSR count). The first-order valence-electron chi connectivity index (χ1n) is 6.19. The Labute approximate surface area is 118 Å². The first-order valence-corrected chi connectivity index (χ1v) is 6.57. The normalized spacial score (nSPS) is 11.7. The Morgan fingerprint density at radius 2 is 1.80 bits per heavy atom. The van der Waals surface area contributed by atoms with Gasteiger partial charge in [-0.3, -0.25) is 4.79 Å². The van der Waals surface area contributed by atoms with Gasteiger partial charge in [-0.2, -0.15) is 0 Å². The van der Waals surface area contributed by atoms with Crippen LogP contribution in [0.3, 0.4) is 0 Å². The highest BCUT2D eigenvalue weighted by Gasteiger charge is 2.17. The molecule has 0 N–H and O–H groups in total. The third kappa shape index (κ3) is 1.44. The average molecular weight is 285 g/mol. The smallest absolute Gasteiger partial charge is 0.235 e. The zero-order valence-corrected chi connectivity index (χ0v) is 11.3. The second-order valence-corrected chi connectivity index (χ2v) is 5.21. The second kappa shape index (κ2) is 3.87. The molecule has 0 fully saturated rings. The molecule has 4 aromatic rings. The molecule has 0 aliphatic carbocycles. The number of halogens is 1. The van der Waals surface area contributed by atoms with E-state index in [1.165, 1.54) is 0 Å². The van der Waals surface area contributed by atoms with Crippen LogP contribution >= 0.6 is 11.6 Å². The Bertz CT molecular complexity index is 1040. The monoisotopic (exact) mass is 284 g/mol. The lowest BCUT2D eigenvalue weighted by atomic mass is 10.1. The van der Waals surface area contributed by atoms with Gasteiger partial charge in [0.2, 0.25) is 11.0 Å². The molecule has 0 atom stereocenters. The van der Waals surface area contributed by atoms with Crippen LogP contribution in [0, 0.1) is 6.92 Å². The topological polar surface area (TPSA) is 43.4 Å². The fraction of sp³-hybridized carbons (Fsp3) is 0.0625. The summed E-state index contributed by atoms with van der Waals surface area (Å²) in [5.74, 6) is 0. The van der Waals surface area contributed by atoms with Gasteiger partial charge in [0, 0.05) is 0 Å². The van der Waals surface area contributed by atoms with Crippen molar-refractivity contribution in [1.82, 2.24) is 0 Å². The molecule has 2 aromatic carbocycles. The van der Waals surface area contributed by atoms with Crippen LogP contribution in [0.4, 0.5) is 0 Å². The van der Waals surface area contributed by atoms with Gasteiger partial charge in [0.1, 0.15) is 11.2 Å². The molecule has 2 heterocycles. The lowest BCUT2D eigenvalue weighted by molar-refractivity contribution is 0.630. The second-order valence-electron chi connectivity index (χ2n) is 4.80. The predicted octanol–water partition coefficient (Wildman–Crippen LogP) is 4.65. The molecule has 0 spiro atoms. The summed E-state index contributed by atoms with van der Waals surface area (Å²) in [5, 5.41) is 1.67. The minimum absolute atomic E-state index is 0.173. The molecule has 3 nitrogen and oxygen atoms in total. The summed E-state index contributed by atoms with van der Waals surface area (Å²) < 4.78 is 11.5. The maximum absolute atomic E-state index is 12.5. The van der Waals surface area contributed by atoms with Gasteiger partial charge >= 0.3 is 0 Å². The van der Waals surface area contributed by atoms with Crippen LogP contribution in [0.25, 0.3) is 33.1 Å². The Balaban J connectivity index is 2.34. The Kier molecular flexibility index (Phi) is 2.24. The third-order valence-corrected chi connectivity index (χ3v) is 3.74. The quantitative estimate of drug-likeness (QED) is 0.472. The molecule has 0 radical (unpaired) electrons. The van der Waals surface area contributed by atoms with Crippen LogP contribution < -0.4 is 5.43 Å². The molecule has 0 aliphatic heterocycles. The van der Waals surface area contributed by atoms with Gasteiger partial charge in [-0.05, 0) is 36.8 Å². The number of fused-ring (bicyclic) bond motifs is 4. The number of hydrogen-bond acceptors (Lipinski definition) is 3. The number of furan rings is 1. The standard InChI is InChI=1S/C16H9ClO3/c1-8-5-6-9-12(7-8)20-15-13-10(17)3-2-4-11(13)19-16(15)14(9)18/h2-7H,1H3. The van der Waals surface area contributed by atoms with E-state index in [2.05, 4.69) is 0 Å². The van der Waals surface area contributed by atoms with E-state index in [1.54, 1.807) is 24.3 Å². The summed E-state index contributed by atoms with van der Waals surface area (Å²) in [4.78, 5) is 12.5. The lowest BCUT2D eigenvalue weighted by Gasteiger charge is -1.98. The van der Waals surface area contributed by atoms with Crippen molar-refractivity contribution in [3.05, 3.63) is 57.2 Å². The van der Waals surface area contributed by atoms with Gasteiger partial charge in [-0.15, -0.1) is 0 Å². The summed E-state index contributed by atoms with van der Waals surface area (Å²) in [6, 6.07) is 10.8. The maximum Gasteiger partial charge on any atom is 0.235 e. The molecule has 2 aromatic heterocycles. The van der Waals surface area contributed by atoms with Crippen molar-refractivity contribution in [3.8, 4) is 0 Å². The Hall–Kier alpha value is -2.26. The summed E-state index contributed by atoms with van der Waals surface area (Å²) >= 11 is 6.19. The summed E-state index contributed by atoms with van der Waals surface area (Å²) in [5.41, 5.74) is 2.58. The number of benzene rings is 2. The van der Waals surface area contributed by atoms with Gasteiger partial charge in [0.15, 0.2) is 5.58 Å². The van der Waals surface area contributed by atoms with Gasteiger partial charge in [0.25, 0.3) is 0 Å². The highest BCUT2D eigenvalue weighted by Crippen LogP contribution is 2.34. The van der Waals surface area contributed by atoms with Crippen molar-refractivity contribution in [3.63, 3.8) is 0 Å². The molecule has 4 heteroatoms. The SMILES string of the molecule is Cc1ccc2c(=O)c3oc4cccc(Cl)c4c3oc2c1. The van der Waals surface area contributed by atoms with Gasteiger partial charge < -0.3 is 8.83 Å². The fourth-order valence-electron chi connectivity index (χ4n) is 2.46. The van der Waals surface area contributed by atoms with Gasteiger partial charge in [0.05, 0.1) is 15.8 Å². The molecule has 0 bridgehead atoms. The van der Waals surface area contributed by atoms with Crippen LogP contribution in [0.2, 0.25) is 5.02 Å². The van der Waals surface area contributed by atoms with Crippen LogP contribution in [0.15, 0.2) is 50.0 Å². The van der Waals surface area contributed by atoms with E-state index in [1.807, 2.05) is 19.1 Å². The third-order valence-electron chi connectivity index (χ3n) is 3.42. The minimum atomic E-state index is -0.173. The molecular weight excluding hydrogens is 276 g/mol. The zero-order valence-electron chi connectivity index (χ0n) is 10.6. The van der Waals surface area contributed by atoms with Crippen molar-refractivity contribution in [2.45, 2.75) is 6.92 Å². The average Bonchev–Trinajstić information content (AvgIpc) is 2.79. The van der Waals surface area contributed by atoms with E-state index in [9.17, 15) is 4.79 Å². The molecule has 0 saturated carbocycles. The van der Waals surface area contributed by atoms with Crippen LogP contribution in [-0.4, -0.2) is 0 Å². The first kappa shape index (κ1) is 11.6. The number of aryl methyl sites for hydroxylation is 1. The lowest BCUT2D eigenvalue weighted by Crippen LogP contribution is -2.00.